The Hall–Kier alpha value is -8.02. The Labute approximate surface area is 441 Å². The van der Waals surface area contributed by atoms with Crippen LogP contribution in [0.15, 0.2) is 176 Å². The molecule has 372 valence electrons. The summed E-state index contributed by atoms with van der Waals surface area (Å²) in [6.45, 7) is 27.0. The Morgan fingerprint density at radius 2 is 0.987 bits per heavy atom. The van der Waals surface area contributed by atoms with Gasteiger partial charge < -0.3 is 9.51 Å². The van der Waals surface area contributed by atoms with E-state index >= 15 is 0 Å². The van der Waals surface area contributed by atoms with E-state index in [-0.39, 0.29) is 27.4 Å². The molecule has 0 unspecified atom stereocenters. The molecule has 4 heterocycles. The van der Waals surface area contributed by atoms with Crippen LogP contribution in [0.5, 0.6) is 5.75 Å². The molecule has 0 aliphatic carbocycles. The number of phenols is 1. The van der Waals surface area contributed by atoms with Gasteiger partial charge in [-0.15, -0.1) is 0 Å². The van der Waals surface area contributed by atoms with Crippen molar-refractivity contribution in [1.82, 2.24) is 18.9 Å². The van der Waals surface area contributed by atoms with Gasteiger partial charge in [0.2, 0.25) is 0 Å². The lowest BCUT2D eigenvalue weighted by Gasteiger charge is -2.28. The first-order chi connectivity index (χ1) is 35.6. The Morgan fingerprint density at radius 1 is 0.400 bits per heavy atom. The van der Waals surface area contributed by atoms with Crippen LogP contribution in [-0.2, 0) is 21.7 Å². The number of aromatic nitrogens is 4. The molecule has 8 aromatic carbocycles. The van der Waals surface area contributed by atoms with E-state index in [1.165, 1.54) is 54.8 Å². The van der Waals surface area contributed by atoms with Gasteiger partial charge in [-0.3, -0.25) is 9.55 Å². The van der Waals surface area contributed by atoms with Gasteiger partial charge in [0.25, 0.3) is 0 Å². The van der Waals surface area contributed by atoms with Crippen molar-refractivity contribution < 1.29 is 5.11 Å². The second kappa shape index (κ2) is 17.0. The third kappa shape index (κ3) is 8.07. The number of hydrogen-bond donors (Lipinski definition) is 1. The molecule has 5 nitrogen and oxygen atoms in total. The highest BCUT2D eigenvalue weighted by atomic mass is 16.3. The Morgan fingerprint density at radius 3 is 1.63 bits per heavy atom. The first kappa shape index (κ1) is 48.0. The van der Waals surface area contributed by atoms with Gasteiger partial charge in [0.1, 0.15) is 11.6 Å². The zero-order valence-corrected chi connectivity index (χ0v) is 45.5. The zero-order chi connectivity index (χ0) is 52.5. The Kier molecular flexibility index (Phi) is 10.9. The van der Waals surface area contributed by atoms with E-state index in [1.807, 2.05) is 6.20 Å². The molecule has 0 amide bonds. The summed E-state index contributed by atoms with van der Waals surface area (Å²) in [5, 5.41) is 17.8. The molecule has 0 fully saturated rings. The first-order valence-corrected chi connectivity index (χ1v) is 26.5. The van der Waals surface area contributed by atoms with E-state index in [1.54, 1.807) is 0 Å². The number of fused-ring (bicyclic) bond motifs is 7. The molecular formula is C70H66N4O. The molecule has 1 N–H and O–H groups in total. The number of hydrogen-bond acceptors (Lipinski definition) is 3. The van der Waals surface area contributed by atoms with Crippen LogP contribution < -0.4 is 0 Å². The van der Waals surface area contributed by atoms with Crippen molar-refractivity contribution in [3.05, 3.63) is 198 Å². The van der Waals surface area contributed by atoms with Crippen LogP contribution in [0.1, 0.15) is 105 Å². The maximum absolute atomic E-state index is 12.8. The monoisotopic (exact) mass is 979 g/mol. The number of benzene rings is 8. The average molecular weight is 979 g/mol. The highest BCUT2D eigenvalue weighted by molar-refractivity contribution is 6.24. The lowest BCUT2D eigenvalue weighted by molar-refractivity contribution is 0.446. The van der Waals surface area contributed by atoms with Gasteiger partial charge in [0, 0.05) is 44.4 Å². The zero-order valence-electron chi connectivity index (χ0n) is 45.5. The van der Waals surface area contributed by atoms with Crippen LogP contribution in [0, 0.1) is 0 Å². The van der Waals surface area contributed by atoms with Crippen LogP contribution in [-0.4, -0.2) is 24.0 Å². The number of imidazole rings is 1. The van der Waals surface area contributed by atoms with E-state index < -0.39 is 0 Å². The van der Waals surface area contributed by atoms with E-state index in [0.29, 0.717) is 11.4 Å². The van der Waals surface area contributed by atoms with Gasteiger partial charge in [-0.2, -0.15) is 0 Å². The smallest absolute Gasteiger partial charge is 0.149 e. The molecule has 0 aliphatic heterocycles. The largest absolute Gasteiger partial charge is 0.507 e. The molecule has 0 saturated heterocycles. The number of pyridine rings is 1. The molecule has 0 bridgehead atoms. The van der Waals surface area contributed by atoms with Crippen LogP contribution in [0.25, 0.3) is 111 Å². The van der Waals surface area contributed by atoms with E-state index in [4.69, 9.17) is 9.97 Å². The minimum atomic E-state index is -0.343. The molecular weight excluding hydrogens is 913 g/mol. The van der Waals surface area contributed by atoms with Crippen LogP contribution >= 0.6 is 0 Å². The number of para-hydroxylation sites is 3. The fraction of sp³-hybridized carbons (Fsp3) is 0.229. The minimum Gasteiger partial charge on any atom is -0.507 e. The summed E-state index contributed by atoms with van der Waals surface area (Å²) in [7, 11) is 0. The van der Waals surface area contributed by atoms with Crippen molar-refractivity contribution in [1.29, 1.82) is 0 Å². The van der Waals surface area contributed by atoms with Crippen molar-refractivity contribution in [3.8, 4) is 67.5 Å². The maximum Gasteiger partial charge on any atom is 0.149 e. The molecule has 0 aliphatic rings. The molecule has 0 saturated carbocycles. The average Bonchev–Trinajstić information content (AvgIpc) is 4.06. The predicted octanol–water partition coefficient (Wildman–Crippen LogP) is 18.8. The number of nitrogens with zero attached hydrogens (tertiary/aromatic N) is 4. The van der Waals surface area contributed by atoms with Crippen molar-refractivity contribution in [3.63, 3.8) is 0 Å². The molecule has 5 heteroatoms. The molecule has 12 aromatic rings. The molecule has 12 rings (SSSR count). The molecule has 0 radical (unpaired) electrons. The third-order valence-electron chi connectivity index (χ3n) is 15.6. The first-order valence-electron chi connectivity index (χ1n) is 26.5. The lowest BCUT2D eigenvalue weighted by atomic mass is 9.78. The number of aromatic hydroxyl groups is 1. The third-order valence-corrected chi connectivity index (χ3v) is 15.6. The Balaban J connectivity index is 1.13. The van der Waals surface area contributed by atoms with Gasteiger partial charge in [-0.25, -0.2) is 4.98 Å². The molecule has 0 spiro atoms. The normalized spacial score (nSPS) is 12.9. The fourth-order valence-electron chi connectivity index (χ4n) is 11.5. The minimum absolute atomic E-state index is 0.157. The molecule has 4 aromatic heterocycles. The summed E-state index contributed by atoms with van der Waals surface area (Å²) >= 11 is 0. The molecule has 75 heavy (non-hydrogen) atoms. The van der Waals surface area contributed by atoms with Crippen molar-refractivity contribution in [2.24, 2.45) is 0 Å². The highest BCUT2D eigenvalue weighted by Gasteiger charge is 2.31. The maximum atomic E-state index is 12.8. The number of rotatable bonds is 6. The topological polar surface area (TPSA) is 55.4 Å². The van der Waals surface area contributed by atoms with Gasteiger partial charge in [-0.05, 0) is 139 Å². The van der Waals surface area contributed by atoms with Gasteiger partial charge in [0.05, 0.1) is 44.5 Å². The van der Waals surface area contributed by atoms with Crippen molar-refractivity contribution >= 4 is 49.1 Å². The van der Waals surface area contributed by atoms with Crippen molar-refractivity contribution in [2.75, 3.05) is 0 Å². The van der Waals surface area contributed by atoms with E-state index in [9.17, 15) is 5.11 Å². The quantitative estimate of drug-likeness (QED) is 0.181. The summed E-state index contributed by atoms with van der Waals surface area (Å²) < 4.78 is 4.78. The lowest BCUT2D eigenvalue weighted by Crippen LogP contribution is -2.18. The van der Waals surface area contributed by atoms with Crippen LogP contribution in [0.4, 0.5) is 0 Å². The molecule has 0 atom stereocenters. The summed E-state index contributed by atoms with van der Waals surface area (Å²) in [6, 6.07) is 62.1. The SMILES string of the molecule is CC(C)(C)c1cc(-c2cc(-c3ccccc3)ccn2)cc(-c2cccc3c2nc(-c2cc(C(C)(C)C)cc(C(C)(C)C)c2O)n3-c2ccc(-c3cc4c5ccccc5n5c6ccccc6c(c3)c45)cc2C(C)(C)C)c1. The van der Waals surface area contributed by atoms with E-state index in [2.05, 4.69) is 262 Å². The van der Waals surface area contributed by atoms with E-state index in [0.717, 1.165) is 66.9 Å². The predicted molar refractivity (Wildman–Crippen MR) is 317 cm³/mol. The Bertz CT molecular complexity index is 4130. The summed E-state index contributed by atoms with van der Waals surface area (Å²) in [4.78, 5) is 10.8. The number of phenolic OH excluding ortho intramolecular Hbond substituents is 1. The highest BCUT2D eigenvalue weighted by Crippen LogP contribution is 2.48. The summed E-state index contributed by atoms with van der Waals surface area (Å²) in [5.74, 6) is 0.961. The van der Waals surface area contributed by atoms with Gasteiger partial charge in [0.15, 0.2) is 0 Å². The standard InChI is InChI=1S/C70H66N4O/c1-67(2,3)48-34-46(33-47(35-48)58-39-44(31-32-71-58)42-21-14-13-15-22-42)50-25-20-28-62-63(50)72-66(55-40-49(68(4,5)6)41-57(65(55)75)70(10,11)12)74(62)61-30-29-43(38-56(61)69(7,8)9)45-36-53-51-23-16-18-26-59(51)73-60-27-19-17-24-52(60)54(37-45)64(53)73/h13-41,75H,1-12H3. The van der Waals surface area contributed by atoms with Crippen LogP contribution in [0.2, 0.25) is 0 Å². The fourth-order valence-corrected chi connectivity index (χ4v) is 11.5. The second-order valence-electron chi connectivity index (χ2n) is 25.0. The van der Waals surface area contributed by atoms with Gasteiger partial charge >= 0.3 is 0 Å². The summed E-state index contributed by atoms with van der Waals surface area (Å²) in [5.41, 5.74) is 19.4. The van der Waals surface area contributed by atoms with Crippen molar-refractivity contribution in [2.45, 2.75) is 105 Å². The second-order valence-corrected chi connectivity index (χ2v) is 25.0. The summed E-state index contributed by atoms with van der Waals surface area (Å²) in [6.07, 6.45) is 1.92. The van der Waals surface area contributed by atoms with Gasteiger partial charge in [-0.1, -0.05) is 180 Å². The van der Waals surface area contributed by atoms with Crippen LogP contribution in [0.3, 0.4) is 0 Å².